The van der Waals surface area contributed by atoms with Crippen LogP contribution in [0.1, 0.15) is 36.0 Å². The summed E-state index contributed by atoms with van der Waals surface area (Å²) in [6, 6.07) is 160. The van der Waals surface area contributed by atoms with Crippen LogP contribution in [0.2, 0.25) is 0 Å². The van der Waals surface area contributed by atoms with Gasteiger partial charge in [-0.2, -0.15) is 0 Å². The summed E-state index contributed by atoms with van der Waals surface area (Å²) in [6.45, 7) is 1.56. The smallest absolute Gasteiger partial charge is 0.126 e. The molecule has 0 spiro atoms. The minimum atomic E-state index is 0.521. The van der Waals surface area contributed by atoms with E-state index in [1.165, 1.54) is 181 Å². The van der Waals surface area contributed by atoms with E-state index in [-0.39, 0.29) is 0 Å². The summed E-state index contributed by atoms with van der Waals surface area (Å²) in [4.78, 5) is 0. The fourth-order valence-corrected chi connectivity index (χ4v) is 21.0. The molecule has 0 aliphatic rings. The number of nitrogens with zero attached hydrogens (tertiary/aromatic N) is 6. The molecule has 6 heterocycles. The van der Waals surface area contributed by atoms with Crippen LogP contribution in [-0.2, 0) is 19.3 Å². The number of rotatable bonds is 24. The lowest BCUT2D eigenvalue weighted by Crippen LogP contribution is -2.04. The highest BCUT2D eigenvalue weighted by Gasteiger charge is 2.22. The lowest BCUT2D eigenvalue weighted by Gasteiger charge is -2.14. The summed E-state index contributed by atoms with van der Waals surface area (Å²) in [6.07, 6.45) is 5.01. The molecule has 0 saturated carbocycles. The maximum atomic E-state index is 6.75. The SMILES string of the molecule is c1ccc2c(c1)c1ccccc1n2-c1ccc(-c2ccc(-n3c4ccccc4c4cc(CCCOc5cc(OCCCc6ccc7c(c6)c6ccccc6n7-c6ccc(-c7ccc(-n8c9ccccc9c9ccccc98)cc7)cc6)cc(OCCCc6ccc7c(c6)c6ccccc6n7-c6ccc(-c7ccc(-n8c9ccccc9c9ccccc98)cc7)cc6)c5)ccc43)cc2)cc1. The number of hydrogen-bond donors (Lipinski definition) is 0. The van der Waals surface area contributed by atoms with Crippen LogP contribution in [0, 0.1) is 0 Å². The zero-order valence-electron chi connectivity index (χ0n) is 72.8. The van der Waals surface area contributed by atoms with Crippen LogP contribution in [0.15, 0.2) is 437 Å². The molecule has 0 N–H and O–H groups in total. The molecule has 6 aromatic heterocycles. The highest BCUT2D eigenvalue weighted by molar-refractivity contribution is 6.15. The summed E-state index contributed by atoms with van der Waals surface area (Å²) in [5.41, 5.74) is 32.0. The number of ether oxygens (including phenoxy) is 3. The first-order chi connectivity index (χ1) is 65.4. The Morgan fingerprint density at radius 3 is 0.485 bits per heavy atom. The predicted molar refractivity (Wildman–Crippen MR) is 550 cm³/mol. The van der Waals surface area contributed by atoms with E-state index in [0.29, 0.717) is 19.8 Å². The number of aromatic nitrogens is 6. The minimum absolute atomic E-state index is 0.521. The van der Waals surface area contributed by atoms with Crippen molar-refractivity contribution >= 4 is 131 Å². The Morgan fingerprint density at radius 2 is 0.303 bits per heavy atom. The molecule has 0 saturated heterocycles. The van der Waals surface area contributed by atoms with E-state index in [9.17, 15) is 0 Å². The molecule has 630 valence electrons. The van der Waals surface area contributed by atoms with Crippen molar-refractivity contribution in [1.29, 1.82) is 0 Å². The molecule has 9 nitrogen and oxygen atoms in total. The Morgan fingerprint density at radius 1 is 0.144 bits per heavy atom. The average molecular weight is 1700 g/mol. The summed E-state index contributed by atoms with van der Waals surface area (Å²) in [5.74, 6) is 2.19. The third-order valence-electron chi connectivity index (χ3n) is 27.2. The number of aryl methyl sites for hydroxylation is 3. The second-order valence-corrected chi connectivity index (χ2v) is 35.0. The first-order valence-electron chi connectivity index (χ1n) is 46.1. The number of benzene rings is 19. The van der Waals surface area contributed by atoms with Crippen molar-refractivity contribution in [3.63, 3.8) is 0 Å². The zero-order valence-corrected chi connectivity index (χ0v) is 72.8. The summed E-state index contributed by atoms with van der Waals surface area (Å²) in [7, 11) is 0. The van der Waals surface area contributed by atoms with Crippen LogP contribution in [0.4, 0.5) is 0 Å². The van der Waals surface area contributed by atoms with Gasteiger partial charge in [-0.1, -0.05) is 255 Å². The van der Waals surface area contributed by atoms with Crippen LogP contribution >= 0.6 is 0 Å². The quantitative estimate of drug-likeness (QED) is 0.0567. The van der Waals surface area contributed by atoms with Gasteiger partial charge in [0.1, 0.15) is 17.2 Å². The topological polar surface area (TPSA) is 57.3 Å². The van der Waals surface area contributed by atoms with Gasteiger partial charge in [-0.05, 0) is 252 Å². The molecule has 0 unspecified atom stereocenters. The van der Waals surface area contributed by atoms with Crippen LogP contribution in [0.25, 0.3) is 198 Å². The Bertz CT molecular complexity index is 7760. The van der Waals surface area contributed by atoms with Crippen molar-refractivity contribution in [1.82, 2.24) is 27.4 Å². The Balaban J connectivity index is 0.448. The molecule has 0 aliphatic heterocycles. The molecule has 0 fully saturated rings. The Kier molecular flexibility index (Phi) is 19.4. The molecule has 132 heavy (non-hydrogen) atoms. The van der Waals surface area contributed by atoms with Gasteiger partial charge in [-0.15, -0.1) is 0 Å². The summed E-state index contributed by atoms with van der Waals surface area (Å²) >= 11 is 0. The molecule has 0 bridgehead atoms. The van der Waals surface area contributed by atoms with Gasteiger partial charge in [0, 0.05) is 117 Å². The van der Waals surface area contributed by atoms with Gasteiger partial charge in [-0.3, -0.25) is 0 Å². The van der Waals surface area contributed by atoms with Gasteiger partial charge in [0.15, 0.2) is 0 Å². The highest BCUT2D eigenvalue weighted by Crippen LogP contribution is 2.43. The first kappa shape index (κ1) is 77.7. The molecule has 0 aliphatic carbocycles. The van der Waals surface area contributed by atoms with E-state index >= 15 is 0 Å². The van der Waals surface area contributed by atoms with Crippen LogP contribution in [0.5, 0.6) is 17.2 Å². The lowest BCUT2D eigenvalue weighted by atomic mass is 10.0. The van der Waals surface area contributed by atoms with Crippen molar-refractivity contribution < 1.29 is 14.2 Å². The maximum absolute atomic E-state index is 6.75. The van der Waals surface area contributed by atoms with Gasteiger partial charge >= 0.3 is 0 Å². The number of para-hydroxylation sites is 9. The third kappa shape index (κ3) is 13.8. The molecule has 25 aromatic rings. The van der Waals surface area contributed by atoms with E-state index < -0.39 is 0 Å². The Labute approximate surface area is 763 Å². The van der Waals surface area contributed by atoms with Crippen molar-refractivity contribution in [2.24, 2.45) is 0 Å². The monoisotopic (exact) mass is 1700 g/mol. The van der Waals surface area contributed by atoms with Crippen LogP contribution in [0.3, 0.4) is 0 Å². The fraction of sp³-hybridized carbons (Fsp3) is 0.0732. The van der Waals surface area contributed by atoms with E-state index in [0.717, 1.165) is 89.9 Å². The van der Waals surface area contributed by atoms with E-state index in [4.69, 9.17) is 14.2 Å². The second kappa shape index (κ2) is 32.9. The lowest BCUT2D eigenvalue weighted by molar-refractivity contribution is 0.281. The van der Waals surface area contributed by atoms with Crippen LogP contribution < -0.4 is 14.2 Å². The van der Waals surface area contributed by atoms with Gasteiger partial charge in [0.05, 0.1) is 86.0 Å². The first-order valence-corrected chi connectivity index (χ1v) is 46.1. The van der Waals surface area contributed by atoms with Crippen molar-refractivity contribution in [2.45, 2.75) is 38.5 Å². The molecule has 0 atom stereocenters. The van der Waals surface area contributed by atoms with Gasteiger partial charge < -0.3 is 41.6 Å². The van der Waals surface area contributed by atoms with Gasteiger partial charge in [0.2, 0.25) is 0 Å². The maximum Gasteiger partial charge on any atom is 0.126 e. The van der Waals surface area contributed by atoms with Crippen molar-refractivity contribution in [3.8, 4) is 84.8 Å². The standard InChI is InChI=1S/C123H90N6O3/c1-10-34-112-100(25-1)101-26-2-11-35-113(101)124(112)91-58-46-85(47-59-91)88-52-64-94(65-53-88)127-118-40-16-7-31-106(118)109-76-82(43-70-121(109)127)22-19-73-130-97-79-98(131-74-20-23-83-44-71-122-110(77-83)107-32-8-17-41-119(107)128(122)95-66-54-89(55-67-95)86-48-60-92(61-49-86)125-114-36-12-3-27-102(114)103-28-4-13-37-115(103)125)81-99(80-97)132-75-21-24-84-45-72-123-111(78-84)108-33-9-18-42-120(108)129(123)96-68-56-90(57-69-96)87-50-62-93(63-51-87)126-116-38-14-5-29-104(116)105-30-6-15-39-117(105)126/h1-18,25-72,76-81H,19-24,73-75H2. The second-order valence-electron chi connectivity index (χ2n) is 35.0. The highest BCUT2D eigenvalue weighted by atomic mass is 16.5. The largest absolute Gasteiger partial charge is 0.493 e. The van der Waals surface area contributed by atoms with E-state index in [1.807, 2.05) is 18.2 Å². The van der Waals surface area contributed by atoms with Crippen molar-refractivity contribution in [2.75, 3.05) is 19.8 Å². The number of hydrogen-bond acceptors (Lipinski definition) is 3. The fourth-order valence-electron chi connectivity index (χ4n) is 21.0. The van der Waals surface area contributed by atoms with E-state index in [2.05, 4.69) is 446 Å². The third-order valence-corrected chi connectivity index (χ3v) is 27.2. The van der Waals surface area contributed by atoms with Crippen molar-refractivity contribution in [3.05, 3.63) is 453 Å². The zero-order chi connectivity index (χ0) is 87.1. The normalized spacial score (nSPS) is 11.9. The van der Waals surface area contributed by atoms with Gasteiger partial charge in [0.25, 0.3) is 0 Å². The molecular formula is C123H90N6O3. The van der Waals surface area contributed by atoms with Crippen LogP contribution in [-0.4, -0.2) is 47.2 Å². The van der Waals surface area contributed by atoms with Gasteiger partial charge in [-0.25, -0.2) is 0 Å². The summed E-state index contributed by atoms with van der Waals surface area (Å²) in [5, 5.41) is 15.0. The number of fused-ring (bicyclic) bond motifs is 18. The molecule has 25 rings (SSSR count). The molecule has 0 amide bonds. The summed E-state index contributed by atoms with van der Waals surface area (Å²) < 4.78 is 34.6. The Hall–Kier alpha value is -16.6. The molecule has 19 aromatic carbocycles. The van der Waals surface area contributed by atoms with E-state index in [1.54, 1.807) is 0 Å². The molecule has 0 radical (unpaired) electrons. The minimum Gasteiger partial charge on any atom is -0.493 e. The average Bonchev–Trinajstić information content (AvgIpc) is 1.64. The molecule has 9 heteroatoms. The predicted octanol–water partition coefficient (Wildman–Crippen LogP) is 31.3. The molecular weight excluding hydrogens is 1610 g/mol.